The standard InChI is InChI=1S/C21H26N2O2.C2HF3O2/c1-5-10-21(25,11-6-2)14-22-20(24)18-12-15(4)23-19-9-8-16(7-3)13-17(18)19;3-2(4,5)1(6)7/h5-6,8-9,12-13,25H,1-2,7,10-11,14H2,3-4H3,(H,22,24);(H,6,7). The number of fused-ring (bicyclic) bond motifs is 1. The van der Waals surface area contributed by atoms with Crippen LogP contribution in [0.25, 0.3) is 10.9 Å². The summed E-state index contributed by atoms with van der Waals surface area (Å²) in [5.74, 6) is -2.97. The van der Waals surface area contributed by atoms with E-state index in [-0.39, 0.29) is 12.5 Å². The van der Waals surface area contributed by atoms with Gasteiger partial charge in [0.25, 0.3) is 5.91 Å². The Bertz CT molecular complexity index is 977. The van der Waals surface area contributed by atoms with Gasteiger partial charge in [-0.1, -0.05) is 25.1 Å². The van der Waals surface area contributed by atoms with Gasteiger partial charge in [0, 0.05) is 17.6 Å². The summed E-state index contributed by atoms with van der Waals surface area (Å²) in [6.07, 6.45) is -0.127. The largest absolute Gasteiger partial charge is 0.490 e. The van der Waals surface area contributed by atoms with Gasteiger partial charge in [0.2, 0.25) is 0 Å². The molecule has 32 heavy (non-hydrogen) atoms. The third-order valence-corrected chi connectivity index (χ3v) is 4.52. The fourth-order valence-corrected chi connectivity index (χ4v) is 2.92. The van der Waals surface area contributed by atoms with Crippen molar-refractivity contribution >= 4 is 22.8 Å². The Morgan fingerprint density at radius 1 is 1.16 bits per heavy atom. The minimum atomic E-state index is -5.08. The molecule has 3 N–H and O–H groups in total. The van der Waals surface area contributed by atoms with Gasteiger partial charge in [-0.05, 0) is 49.9 Å². The molecule has 0 aliphatic heterocycles. The van der Waals surface area contributed by atoms with E-state index < -0.39 is 17.7 Å². The first-order chi connectivity index (χ1) is 14.9. The molecule has 1 aromatic heterocycles. The number of nitrogens with one attached hydrogen (secondary N) is 1. The molecule has 0 spiro atoms. The number of carbonyl (C=O) groups excluding carboxylic acids is 1. The summed E-state index contributed by atoms with van der Waals surface area (Å²) >= 11 is 0. The zero-order chi connectivity index (χ0) is 24.5. The molecule has 0 atom stereocenters. The maximum atomic E-state index is 12.8. The predicted molar refractivity (Wildman–Crippen MR) is 116 cm³/mol. The fraction of sp³-hybridized carbons (Fsp3) is 0.348. The van der Waals surface area contributed by atoms with Crippen LogP contribution in [0.2, 0.25) is 0 Å². The second-order valence-electron chi connectivity index (χ2n) is 7.21. The Balaban J connectivity index is 0.000000633. The van der Waals surface area contributed by atoms with E-state index in [1.165, 1.54) is 0 Å². The minimum absolute atomic E-state index is 0.139. The minimum Gasteiger partial charge on any atom is -0.475 e. The first kappa shape index (κ1) is 26.8. The smallest absolute Gasteiger partial charge is 0.475 e. The molecule has 0 saturated carbocycles. The van der Waals surface area contributed by atoms with Crippen LogP contribution in [0.15, 0.2) is 49.6 Å². The van der Waals surface area contributed by atoms with Crippen LogP contribution in [-0.2, 0) is 11.2 Å². The highest BCUT2D eigenvalue weighted by Crippen LogP contribution is 2.21. The monoisotopic (exact) mass is 452 g/mol. The Labute approximate surface area is 184 Å². The number of benzene rings is 1. The van der Waals surface area contributed by atoms with Crippen LogP contribution >= 0.6 is 0 Å². The summed E-state index contributed by atoms with van der Waals surface area (Å²) in [5.41, 5.74) is 2.26. The zero-order valence-electron chi connectivity index (χ0n) is 18.0. The van der Waals surface area contributed by atoms with Gasteiger partial charge in [0.15, 0.2) is 0 Å². The molecule has 0 aliphatic carbocycles. The van der Waals surface area contributed by atoms with Crippen molar-refractivity contribution in [1.82, 2.24) is 10.3 Å². The molecule has 9 heteroatoms. The molecule has 0 radical (unpaired) electrons. The first-order valence-electron chi connectivity index (χ1n) is 9.79. The lowest BCUT2D eigenvalue weighted by Gasteiger charge is -2.26. The van der Waals surface area contributed by atoms with Crippen molar-refractivity contribution in [3.63, 3.8) is 0 Å². The van der Waals surface area contributed by atoms with Crippen molar-refractivity contribution in [2.75, 3.05) is 6.54 Å². The molecule has 2 aromatic rings. The average molecular weight is 452 g/mol. The summed E-state index contributed by atoms with van der Waals surface area (Å²) in [6.45, 7) is 11.4. The number of halogens is 3. The number of amides is 1. The molecule has 1 amide bonds. The molecule has 0 saturated heterocycles. The highest BCUT2D eigenvalue weighted by molar-refractivity contribution is 6.06. The van der Waals surface area contributed by atoms with Gasteiger partial charge in [-0.3, -0.25) is 9.78 Å². The van der Waals surface area contributed by atoms with Gasteiger partial charge in [-0.25, -0.2) is 4.79 Å². The molecular formula is C23H27F3N2O4. The van der Waals surface area contributed by atoms with Gasteiger partial charge in [0.05, 0.1) is 16.7 Å². The second kappa shape index (κ2) is 11.4. The number of nitrogens with zero attached hydrogens (tertiary/aromatic N) is 1. The van der Waals surface area contributed by atoms with E-state index in [2.05, 4.69) is 30.4 Å². The van der Waals surface area contributed by atoms with Crippen molar-refractivity contribution in [2.45, 2.75) is 44.9 Å². The molecule has 2 rings (SSSR count). The maximum Gasteiger partial charge on any atom is 0.490 e. The van der Waals surface area contributed by atoms with E-state index in [9.17, 15) is 23.1 Å². The summed E-state index contributed by atoms with van der Waals surface area (Å²) < 4.78 is 31.7. The summed E-state index contributed by atoms with van der Waals surface area (Å²) in [7, 11) is 0. The van der Waals surface area contributed by atoms with Crippen LogP contribution in [0.5, 0.6) is 0 Å². The number of rotatable bonds is 8. The van der Waals surface area contributed by atoms with Crippen LogP contribution in [0, 0.1) is 6.92 Å². The van der Waals surface area contributed by atoms with Gasteiger partial charge in [-0.2, -0.15) is 13.2 Å². The van der Waals surface area contributed by atoms with Crippen molar-refractivity contribution < 1.29 is 33.0 Å². The van der Waals surface area contributed by atoms with Crippen LogP contribution in [0.1, 0.15) is 41.4 Å². The molecule has 0 bridgehead atoms. The number of hydrogen-bond acceptors (Lipinski definition) is 4. The number of carboxylic acids is 1. The Morgan fingerprint density at radius 3 is 2.19 bits per heavy atom. The lowest BCUT2D eigenvalue weighted by atomic mass is 9.95. The van der Waals surface area contributed by atoms with Crippen molar-refractivity contribution in [1.29, 1.82) is 0 Å². The number of alkyl halides is 3. The Kier molecular flexibility index (Phi) is 9.58. The normalized spacial score (nSPS) is 11.3. The quantitative estimate of drug-likeness (QED) is 0.517. The molecule has 1 heterocycles. The van der Waals surface area contributed by atoms with Gasteiger partial charge < -0.3 is 15.5 Å². The number of pyridine rings is 1. The third kappa shape index (κ3) is 7.81. The molecule has 0 aliphatic rings. The van der Waals surface area contributed by atoms with Crippen molar-refractivity contribution in [3.05, 3.63) is 66.4 Å². The SMILES string of the molecule is C=CCC(O)(CC=C)CNC(=O)c1cc(C)nc2ccc(CC)cc12.O=C(O)C(F)(F)F. The number of carboxylic acid groups (broad SMARTS) is 1. The molecular weight excluding hydrogens is 425 g/mol. The Morgan fingerprint density at radius 2 is 1.72 bits per heavy atom. The van der Waals surface area contributed by atoms with E-state index in [1.807, 2.05) is 25.1 Å². The lowest BCUT2D eigenvalue weighted by Crippen LogP contribution is -2.42. The molecule has 1 aromatic carbocycles. The number of aromatic nitrogens is 1. The lowest BCUT2D eigenvalue weighted by molar-refractivity contribution is -0.192. The van der Waals surface area contributed by atoms with E-state index >= 15 is 0 Å². The number of aliphatic hydroxyl groups is 1. The summed E-state index contributed by atoms with van der Waals surface area (Å²) in [4.78, 5) is 26.2. The van der Waals surface area contributed by atoms with Gasteiger partial charge in [0.1, 0.15) is 0 Å². The summed E-state index contributed by atoms with van der Waals surface area (Å²) in [6, 6.07) is 7.78. The highest BCUT2D eigenvalue weighted by Gasteiger charge is 2.38. The summed E-state index contributed by atoms with van der Waals surface area (Å²) in [5, 5.41) is 21.4. The van der Waals surface area contributed by atoms with Crippen LogP contribution in [0.4, 0.5) is 13.2 Å². The number of aliphatic carboxylic acids is 1. The molecule has 6 nitrogen and oxygen atoms in total. The third-order valence-electron chi connectivity index (χ3n) is 4.52. The van der Waals surface area contributed by atoms with E-state index in [0.29, 0.717) is 18.4 Å². The number of hydrogen-bond donors (Lipinski definition) is 3. The van der Waals surface area contributed by atoms with Crippen LogP contribution in [-0.4, -0.2) is 45.4 Å². The van der Waals surface area contributed by atoms with E-state index in [0.717, 1.165) is 28.6 Å². The Hall–Kier alpha value is -3.20. The predicted octanol–water partition coefficient (Wildman–Crippen LogP) is 4.35. The molecule has 0 unspecified atom stereocenters. The average Bonchev–Trinajstić information content (AvgIpc) is 2.71. The number of carbonyl (C=O) groups is 2. The number of aryl methyl sites for hydroxylation is 2. The second-order valence-corrected chi connectivity index (χ2v) is 7.21. The topological polar surface area (TPSA) is 99.5 Å². The van der Waals surface area contributed by atoms with Gasteiger partial charge >= 0.3 is 12.1 Å². The highest BCUT2D eigenvalue weighted by atomic mass is 19.4. The fourth-order valence-electron chi connectivity index (χ4n) is 2.92. The van der Waals surface area contributed by atoms with Crippen molar-refractivity contribution in [2.24, 2.45) is 0 Å². The first-order valence-corrected chi connectivity index (χ1v) is 9.79. The zero-order valence-corrected chi connectivity index (χ0v) is 18.0. The van der Waals surface area contributed by atoms with Crippen LogP contribution < -0.4 is 5.32 Å². The maximum absolute atomic E-state index is 12.8. The van der Waals surface area contributed by atoms with Crippen molar-refractivity contribution in [3.8, 4) is 0 Å². The van der Waals surface area contributed by atoms with Gasteiger partial charge in [-0.15, -0.1) is 13.2 Å². The molecule has 174 valence electrons. The van der Waals surface area contributed by atoms with Crippen LogP contribution in [0.3, 0.4) is 0 Å². The van der Waals surface area contributed by atoms with E-state index in [1.54, 1.807) is 18.2 Å². The molecule has 0 fully saturated rings. The van der Waals surface area contributed by atoms with E-state index in [4.69, 9.17) is 9.90 Å².